The van der Waals surface area contributed by atoms with Gasteiger partial charge in [-0.3, -0.25) is 20.1 Å². The van der Waals surface area contributed by atoms with Crippen LogP contribution in [0.15, 0.2) is 67.0 Å². The highest BCUT2D eigenvalue weighted by Gasteiger charge is 2.33. The third-order valence-corrected chi connectivity index (χ3v) is 15.7. The van der Waals surface area contributed by atoms with Crippen molar-refractivity contribution in [3.05, 3.63) is 83.7 Å². The predicted molar refractivity (Wildman–Crippen MR) is 289 cm³/mol. The van der Waals surface area contributed by atoms with Crippen molar-refractivity contribution in [1.29, 1.82) is 0 Å². The molecular formula is C58H66N6O10. The summed E-state index contributed by atoms with van der Waals surface area (Å²) in [4.78, 5) is 28.8. The summed E-state index contributed by atoms with van der Waals surface area (Å²) in [6, 6.07) is 17.5. The van der Waals surface area contributed by atoms with Gasteiger partial charge in [0.1, 0.15) is 6.23 Å². The molecule has 2 aromatic heterocycles. The van der Waals surface area contributed by atoms with Crippen LogP contribution in [0.1, 0.15) is 74.2 Å². The van der Waals surface area contributed by atoms with E-state index in [2.05, 4.69) is 69.4 Å². The summed E-state index contributed by atoms with van der Waals surface area (Å²) in [5.74, 6) is 4.62. The number of rotatable bonds is 19. The fourth-order valence-electron chi connectivity index (χ4n) is 10.6. The standard InChI is InChI=1S/C58H66N6O10/c1-57(2,63(4)5)14-12-16-59-55(65)38-20-34-37-24-51-54(74-31-73-51)41(53(37)62-28-42(34)36-23-48(70-11)47(69-10)22-35(36)38)27-58(3,64(6)7)15-13-17-60-56(66)40-18-32-19-45(67-8)46(68-9)21-33(32)43-29-61-44-26-50-49(71-30-72-50)25-39(44)52(40)43/h18-26,28-29,56,60,66H,12-17,27,30-31H2,1-11H3,(H,59,65). The average molecular weight is 1010 g/mol. The molecule has 2 unspecified atom stereocenters. The molecule has 0 radical (unpaired) electrons. The van der Waals surface area contributed by atoms with Gasteiger partial charge in [-0.15, -0.1) is 0 Å². The number of aromatic nitrogens is 2. The molecule has 8 aromatic rings. The SMILES string of the molecule is COc1cc2cc(C(O)NCCCC(C)(Cc3c4c(cc5c3ncc3c6cc(OC)c(OC)cc6c(C(=O)NCCCC(C)(C)N(C)C)cc53)OCO4)N(C)C)c3c4cc5c(cc4ncc3c2cc1OC)OCO5. The summed E-state index contributed by atoms with van der Waals surface area (Å²) >= 11 is 0. The normalized spacial score (nSPS) is 14.5. The number of likely N-dealkylation sites (N-methyl/N-ethyl adjacent to an activating group) is 1. The van der Waals surface area contributed by atoms with E-state index < -0.39 is 11.8 Å². The van der Waals surface area contributed by atoms with Gasteiger partial charge in [0.05, 0.1) is 39.5 Å². The number of hydrogen-bond donors (Lipinski definition) is 3. The van der Waals surface area contributed by atoms with Gasteiger partial charge >= 0.3 is 0 Å². The first-order chi connectivity index (χ1) is 35.6. The molecule has 0 spiro atoms. The Morgan fingerprint density at radius 2 is 1.26 bits per heavy atom. The van der Waals surface area contributed by atoms with Crippen molar-refractivity contribution in [2.45, 2.75) is 70.2 Å². The van der Waals surface area contributed by atoms with Crippen LogP contribution in [0.3, 0.4) is 0 Å². The van der Waals surface area contributed by atoms with Crippen LogP contribution in [-0.2, 0) is 6.42 Å². The van der Waals surface area contributed by atoms with Crippen molar-refractivity contribution in [3.8, 4) is 46.0 Å². The zero-order valence-corrected chi connectivity index (χ0v) is 44.2. The number of aliphatic hydroxyl groups is 1. The minimum atomic E-state index is -1.04. The Morgan fingerprint density at radius 1 is 0.649 bits per heavy atom. The van der Waals surface area contributed by atoms with Crippen LogP contribution in [0.5, 0.6) is 46.0 Å². The van der Waals surface area contributed by atoms with Crippen molar-refractivity contribution in [2.75, 3.05) is 83.3 Å². The van der Waals surface area contributed by atoms with Gasteiger partial charge in [-0.2, -0.15) is 0 Å². The molecule has 16 heteroatoms. The molecule has 4 heterocycles. The Balaban J connectivity index is 0.971. The summed E-state index contributed by atoms with van der Waals surface area (Å²) in [7, 11) is 14.8. The van der Waals surface area contributed by atoms with Crippen LogP contribution in [0.2, 0.25) is 0 Å². The molecule has 0 fully saturated rings. The van der Waals surface area contributed by atoms with Gasteiger partial charge < -0.3 is 58.1 Å². The summed E-state index contributed by atoms with van der Waals surface area (Å²) in [6.45, 7) is 7.88. The van der Waals surface area contributed by atoms with Gasteiger partial charge in [0.25, 0.3) is 5.91 Å². The van der Waals surface area contributed by atoms with Gasteiger partial charge in [0.2, 0.25) is 13.6 Å². The minimum Gasteiger partial charge on any atom is -0.493 e. The number of nitrogens with one attached hydrogen (secondary N) is 2. The highest BCUT2D eigenvalue weighted by Crippen LogP contribution is 2.48. The number of amides is 1. The van der Waals surface area contributed by atoms with E-state index in [9.17, 15) is 9.90 Å². The first kappa shape index (κ1) is 50.4. The average Bonchev–Trinajstić information content (AvgIpc) is 4.09. The van der Waals surface area contributed by atoms with Crippen molar-refractivity contribution in [1.82, 2.24) is 30.4 Å². The van der Waals surface area contributed by atoms with E-state index in [0.717, 1.165) is 89.7 Å². The van der Waals surface area contributed by atoms with Crippen molar-refractivity contribution in [3.63, 3.8) is 0 Å². The highest BCUT2D eigenvalue weighted by molar-refractivity contribution is 6.23. The number of methoxy groups -OCH3 is 4. The number of aliphatic hydroxyl groups excluding tert-OH is 1. The van der Waals surface area contributed by atoms with Gasteiger partial charge in [-0.1, -0.05) is 0 Å². The molecule has 388 valence electrons. The molecule has 6 aromatic carbocycles. The number of benzene rings is 6. The van der Waals surface area contributed by atoms with Gasteiger partial charge in [0.15, 0.2) is 46.0 Å². The van der Waals surface area contributed by atoms with Crippen LogP contribution in [0.25, 0.3) is 64.9 Å². The lowest BCUT2D eigenvalue weighted by atomic mass is 9.85. The zero-order chi connectivity index (χ0) is 52.2. The van der Waals surface area contributed by atoms with Crippen molar-refractivity contribution < 1.29 is 47.8 Å². The van der Waals surface area contributed by atoms with E-state index >= 15 is 0 Å². The lowest BCUT2D eigenvalue weighted by Crippen LogP contribution is -2.44. The number of ether oxygens (including phenoxy) is 8. The number of nitrogens with zero attached hydrogens (tertiary/aromatic N) is 4. The van der Waals surface area contributed by atoms with E-state index in [1.54, 1.807) is 28.4 Å². The van der Waals surface area contributed by atoms with Crippen molar-refractivity contribution >= 4 is 70.8 Å². The topological polar surface area (TPSA) is 167 Å². The van der Waals surface area contributed by atoms with E-state index in [1.165, 1.54) is 0 Å². The number of carbonyl (C=O) groups excluding carboxylic acids is 1. The predicted octanol–water partition coefficient (Wildman–Crippen LogP) is 9.66. The molecule has 10 rings (SSSR count). The molecular weight excluding hydrogens is 941 g/mol. The largest absolute Gasteiger partial charge is 0.493 e. The fraction of sp³-hybridized carbons (Fsp3) is 0.397. The van der Waals surface area contributed by atoms with Gasteiger partial charge in [0, 0.05) is 79.7 Å². The smallest absolute Gasteiger partial charge is 0.251 e. The van der Waals surface area contributed by atoms with Crippen LogP contribution in [0.4, 0.5) is 0 Å². The maximum absolute atomic E-state index is 14.4. The summed E-state index contributed by atoms with van der Waals surface area (Å²) in [5.41, 5.74) is 3.20. The molecule has 3 N–H and O–H groups in total. The molecule has 0 saturated carbocycles. The Morgan fingerprint density at radius 3 is 1.96 bits per heavy atom. The Hall–Kier alpha value is -7.11. The van der Waals surface area contributed by atoms with Crippen LogP contribution in [-0.4, -0.2) is 125 Å². The molecule has 1 amide bonds. The molecule has 2 aliphatic heterocycles. The Labute approximate surface area is 430 Å². The third-order valence-electron chi connectivity index (χ3n) is 15.7. The fourth-order valence-corrected chi connectivity index (χ4v) is 10.6. The zero-order valence-electron chi connectivity index (χ0n) is 44.2. The first-order valence-electron chi connectivity index (χ1n) is 25.1. The van der Waals surface area contributed by atoms with Crippen molar-refractivity contribution in [2.24, 2.45) is 0 Å². The lowest BCUT2D eigenvalue weighted by molar-refractivity contribution is 0.0951. The van der Waals surface area contributed by atoms with E-state index in [-0.39, 0.29) is 25.0 Å². The molecule has 0 saturated heterocycles. The molecule has 16 nitrogen and oxygen atoms in total. The second kappa shape index (κ2) is 20.0. The molecule has 2 atom stereocenters. The summed E-state index contributed by atoms with van der Waals surface area (Å²) in [5, 5.41) is 27.3. The molecule has 0 bridgehead atoms. The van der Waals surface area contributed by atoms with Gasteiger partial charge in [-0.05, 0) is 163 Å². The number of pyridine rings is 2. The molecule has 0 aliphatic carbocycles. The number of hydrogen-bond acceptors (Lipinski definition) is 15. The maximum atomic E-state index is 14.4. The maximum Gasteiger partial charge on any atom is 0.251 e. The third kappa shape index (κ3) is 8.96. The van der Waals surface area contributed by atoms with E-state index in [4.69, 9.17) is 47.9 Å². The second-order valence-electron chi connectivity index (χ2n) is 20.6. The van der Waals surface area contributed by atoms with Crippen LogP contribution in [0, 0.1) is 0 Å². The number of carbonyl (C=O) groups is 1. The lowest BCUT2D eigenvalue weighted by Gasteiger charge is -2.37. The monoisotopic (exact) mass is 1010 g/mol. The number of fused-ring (bicyclic) bond motifs is 12. The van der Waals surface area contributed by atoms with E-state index in [0.29, 0.717) is 83.1 Å². The summed E-state index contributed by atoms with van der Waals surface area (Å²) < 4.78 is 46.9. The first-order valence-corrected chi connectivity index (χ1v) is 25.1. The highest BCUT2D eigenvalue weighted by atomic mass is 16.7. The Bertz CT molecular complexity index is 3510. The minimum absolute atomic E-state index is 0.00970. The second-order valence-corrected chi connectivity index (χ2v) is 20.6. The van der Waals surface area contributed by atoms with Crippen LogP contribution >= 0.6 is 0 Å². The van der Waals surface area contributed by atoms with E-state index in [1.807, 2.05) is 67.0 Å². The van der Waals surface area contributed by atoms with Crippen LogP contribution < -0.4 is 48.5 Å². The molecule has 74 heavy (non-hydrogen) atoms. The summed E-state index contributed by atoms with van der Waals surface area (Å²) in [6.07, 6.45) is 6.44. The Kier molecular flexibility index (Phi) is 13.6. The quantitative estimate of drug-likeness (QED) is 0.0398. The molecule has 2 aliphatic rings. The van der Waals surface area contributed by atoms with Gasteiger partial charge in [-0.25, -0.2) is 0 Å².